The van der Waals surface area contributed by atoms with E-state index in [1.807, 2.05) is 13.8 Å². The topological polar surface area (TPSA) is 143 Å². The number of hydrogen-bond acceptors (Lipinski definition) is 9. The van der Waals surface area contributed by atoms with Gasteiger partial charge in [0, 0.05) is 54.9 Å². The monoisotopic (exact) mass is 513 g/mol. The minimum atomic E-state index is -3.62. The third kappa shape index (κ3) is 6.98. The summed E-state index contributed by atoms with van der Waals surface area (Å²) in [5, 5.41) is 15.9. The highest BCUT2D eigenvalue weighted by Crippen LogP contribution is 2.33. The molecule has 0 fully saturated rings. The van der Waals surface area contributed by atoms with Gasteiger partial charge in [-0.05, 0) is 33.3 Å². The predicted molar refractivity (Wildman–Crippen MR) is 138 cm³/mol. The van der Waals surface area contributed by atoms with Crippen molar-refractivity contribution in [2.24, 2.45) is 0 Å². The van der Waals surface area contributed by atoms with Crippen molar-refractivity contribution in [1.82, 2.24) is 15.0 Å². The molecule has 1 unspecified atom stereocenters. The number of ether oxygens (including phenoxy) is 1. The van der Waals surface area contributed by atoms with E-state index >= 15 is 0 Å². The maximum atomic E-state index is 12.3. The summed E-state index contributed by atoms with van der Waals surface area (Å²) in [6.45, 7) is 8.55. The van der Waals surface area contributed by atoms with Gasteiger partial charge in [0.05, 0.1) is 23.1 Å². The number of nitrogens with zero attached hydrogens (tertiary/aromatic N) is 3. The van der Waals surface area contributed by atoms with E-state index < -0.39 is 15.4 Å². The zero-order valence-electron chi connectivity index (χ0n) is 21.2. The Labute approximate surface area is 211 Å². The summed E-state index contributed by atoms with van der Waals surface area (Å²) in [5.74, 6) is 0.575. The molecule has 3 rings (SSSR count). The molecule has 0 aliphatic rings. The Kier molecular flexibility index (Phi) is 7.95. The molecule has 0 saturated carbocycles. The normalized spacial score (nSPS) is 12.6. The SMILES string of the molecule is CCC(C)Oc1cc(Nc2cc(NC(C)=O)ncc2-c2ccc(C(C)(C)O)cn2)nc(S(C)(=O)=O)c1. The lowest BCUT2D eigenvalue weighted by molar-refractivity contribution is -0.114. The van der Waals surface area contributed by atoms with E-state index in [9.17, 15) is 18.3 Å². The molecule has 3 N–H and O–H groups in total. The standard InChI is InChI=1S/C25H31N5O5S/c1-7-15(2)35-18-10-23(30-24(11-18)36(6,33)34)29-21-12-22(28-16(3)31)27-14-19(21)20-9-8-17(13-26-20)25(4,5)32/h8-15,32H,7H2,1-6H3,(H2,27,28,29,30,31). The van der Waals surface area contributed by atoms with Crippen molar-refractivity contribution in [3.05, 3.63) is 48.3 Å². The fourth-order valence-electron chi connectivity index (χ4n) is 3.18. The number of aliphatic hydroxyl groups is 1. The van der Waals surface area contributed by atoms with Gasteiger partial charge < -0.3 is 20.5 Å². The van der Waals surface area contributed by atoms with Gasteiger partial charge in [-0.15, -0.1) is 0 Å². The van der Waals surface area contributed by atoms with Gasteiger partial charge in [-0.3, -0.25) is 9.78 Å². The number of aromatic nitrogens is 3. The Morgan fingerprint density at radius 3 is 2.42 bits per heavy atom. The van der Waals surface area contributed by atoms with Crippen molar-refractivity contribution in [2.45, 2.75) is 57.8 Å². The largest absolute Gasteiger partial charge is 0.490 e. The van der Waals surface area contributed by atoms with Crippen LogP contribution in [-0.4, -0.2) is 46.7 Å². The summed E-state index contributed by atoms with van der Waals surface area (Å²) in [6.07, 6.45) is 4.79. The third-order valence-electron chi connectivity index (χ3n) is 5.28. The number of amides is 1. The highest BCUT2D eigenvalue weighted by Gasteiger charge is 2.19. The van der Waals surface area contributed by atoms with Crippen molar-refractivity contribution in [2.75, 3.05) is 16.9 Å². The molecule has 0 saturated heterocycles. The van der Waals surface area contributed by atoms with Crippen LogP contribution in [0.3, 0.4) is 0 Å². The summed E-state index contributed by atoms with van der Waals surface area (Å²) in [7, 11) is -3.62. The number of hydrogen-bond donors (Lipinski definition) is 3. The lowest BCUT2D eigenvalue weighted by atomic mass is 9.99. The second kappa shape index (κ2) is 10.6. The summed E-state index contributed by atoms with van der Waals surface area (Å²) in [4.78, 5) is 24.6. The van der Waals surface area contributed by atoms with Crippen molar-refractivity contribution in [1.29, 1.82) is 0 Å². The van der Waals surface area contributed by atoms with E-state index in [4.69, 9.17) is 4.74 Å². The summed E-state index contributed by atoms with van der Waals surface area (Å²) in [6, 6.07) is 8.10. The van der Waals surface area contributed by atoms with E-state index in [-0.39, 0.29) is 28.7 Å². The quantitative estimate of drug-likeness (QED) is 0.386. The van der Waals surface area contributed by atoms with E-state index in [2.05, 4.69) is 25.6 Å². The van der Waals surface area contributed by atoms with E-state index in [0.717, 1.165) is 12.7 Å². The number of pyridine rings is 3. The molecule has 10 nitrogen and oxygen atoms in total. The van der Waals surface area contributed by atoms with Crippen LogP contribution in [0.5, 0.6) is 5.75 Å². The smallest absolute Gasteiger partial charge is 0.222 e. The van der Waals surface area contributed by atoms with Crippen LogP contribution >= 0.6 is 0 Å². The van der Waals surface area contributed by atoms with Crippen LogP contribution in [0.2, 0.25) is 0 Å². The van der Waals surface area contributed by atoms with E-state index in [1.165, 1.54) is 19.2 Å². The molecule has 3 aromatic heterocycles. The molecule has 0 spiro atoms. The Morgan fingerprint density at radius 2 is 1.86 bits per heavy atom. The first-order valence-corrected chi connectivity index (χ1v) is 13.3. The van der Waals surface area contributed by atoms with Crippen LogP contribution in [-0.2, 0) is 20.2 Å². The zero-order chi connectivity index (χ0) is 26.7. The van der Waals surface area contributed by atoms with Crippen molar-refractivity contribution in [3.8, 4) is 17.0 Å². The Morgan fingerprint density at radius 1 is 1.14 bits per heavy atom. The van der Waals surface area contributed by atoms with Gasteiger partial charge in [0.15, 0.2) is 14.9 Å². The van der Waals surface area contributed by atoms with Gasteiger partial charge in [0.1, 0.15) is 17.4 Å². The summed E-state index contributed by atoms with van der Waals surface area (Å²) >= 11 is 0. The number of nitrogens with one attached hydrogen (secondary N) is 2. The van der Waals surface area contributed by atoms with Crippen LogP contribution in [0, 0.1) is 0 Å². The molecule has 11 heteroatoms. The van der Waals surface area contributed by atoms with E-state index in [1.54, 1.807) is 44.3 Å². The Balaban J connectivity index is 2.10. The number of carbonyl (C=O) groups excluding carboxylic acids is 1. The summed E-state index contributed by atoms with van der Waals surface area (Å²) in [5.41, 5.74) is 1.18. The average Bonchev–Trinajstić information content (AvgIpc) is 2.77. The second-order valence-corrected chi connectivity index (χ2v) is 11.0. The molecule has 1 atom stereocenters. The lowest BCUT2D eigenvalue weighted by Crippen LogP contribution is -2.15. The fraction of sp³-hybridized carbons (Fsp3) is 0.360. The maximum Gasteiger partial charge on any atom is 0.222 e. The Bertz CT molecular complexity index is 1350. The van der Waals surface area contributed by atoms with Crippen molar-refractivity contribution >= 4 is 33.1 Å². The van der Waals surface area contributed by atoms with Crippen LogP contribution in [0.1, 0.15) is 46.6 Å². The Hall–Kier alpha value is -3.57. The first kappa shape index (κ1) is 27.0. The molecule has 192 valence electrons. The molecule has 0 aliphatic carbocycles. The predicted octanol–water partition coefficient (Wildman–Crippen LogP) is 4.05. The number of anilines is 3. The molecule has 0 aromatic carbocycles. The second-order valence-electron chi connectivity index (χ2n) is 9.05. The van der Waals surface area contributed by atoms with Crippen LogP contribution in [0.15, 0.2) is 47.8 Å². The minimum Gasteiger partial charge on any atom is -0.490 e. The molecule has 3 heterocycles. The van der Waals surface area contributed by atoms with Crippen molar-refractivity contribution in [3.63, 3.8) is 0 Å². The molecule has 3 aromatic rings. The highest BCUT2D eigenvalue weighted by molar-refractivity contribution is 7.90. The molecular weight excluding hydrogens is 482 g/mol. The molecule has 0 aliphatic heterocycles. The fourth-order valence-corrected chi connectivity index (χ4v) is 3.78. The maximum absolute atomic E-state index is 12.3. The van der Waals surface area contributed by atoms with Gasteiger partial charge >= 0.3 is 0 Å². The van der Waals surface area contributed by atoms with Gasteiger partial charge in [-0.1, -0.05) is 13.0 Å². The van der Waals surface area contributed by atoms with Gasteiger partial charge in [0.25, 0.3) is 0 Å². The van der Waals surface area contributed by atoms with Crippen LogP contribution in [0.25, 0.3) is 11.3 Å². The first-order chi connectivity index (χ1) is 16.8. The van der Waals surface area contributed by atoms with Crippen LogP contribution < -0.4 is 15.4 Å². The molecular formula is C25H31N5O5S. The minimum absolute atomic E-state index is 0.131. The van der Waals surface area contributed by atoms with Gasteiger partial charge in [-0.2, -0.15) is 0 Å². The molecule has 0 bridgehead atoms. The number of carbonyl (C=O) groups is 1. The summed E-state index contributed by atoms with van der Waals surface area (Å²) < 4.78 is 30.4. The van der Waals surface area contributed by atoms with Gasteiger partial charge in [-0.25, -0.2) is 18.4 Å². The van der Waals surface area contributed by atoms with E-state index in [0.29, 0.717) is 28.3 Å². The van der Waals surface area contributed by atoms with Crippen LogP contribution in [0.4, 0.5) is 17.3 Å². The zero-order valence-corrected chi connectivity index (χ0v) is 22.0. The molecule has 1 amide bonds. The molecule has 36 heavy (non-hydrogen) atoms. The number of sulfone groups is 1. The average molecular weight is 514 g/mol. The molecule has 0 radical (unpaired) electrons. The lowest BCUT2D eigenvalue weighted by Gasteiger charge is -2.18. The number of rotatable bonds is 9. The first-order valence-electron chi connectivity index (χ1n) is 11.4. The van der Waals surface area contributed by atoms with Crippen molar-refractivity contribution < 1.29 is 23.1 Å². The van der Waals surface area contributed by atoms with Gasteiger partial charge in [0.2, 0.25) is 5.91 Å². The third-order valence-corrected chi connectivity index (χ3v) is 6.25. The highest BCUT2D eigenvalue weighted by atomic mass is 32.2.